The number of benzene rings is 1. The van der Waals surface area contributed by atoms with Crippen LogP contribution in [0.3, 0.4) is 0 Å². The van der Waals surface area contributed by atoms with Crippen LogP contribution in [0.15, 0.2) is 36.5 Å². The van der Waals surface area contributed by atoms with E-state index in [1.807, 2.05) is 6.20 Å². The van der Waals surface area contributed by atoms with Crippen molar-refractivity contribution in [2.75, 3.05) is 0 Å². The maximum Gasteiger partial charge on any atom is 0.0876 e. The lowest BCUT2D eigenvalue weighted by Crippen LogP contribution is -2.07. The van der Waals surface area contributed by atoms with Crippen molar-refractivity contribution in [3.8, 4) is 0 Å². The second-order valence-electron chi connectivity index (χ2n) is 7.33. The van der Waals surface area contributed by atoms with E-state index in [0.717, 1.165) is 36.9 Å². The lowest BCUT2D eigenvalue weighted by Gasteiger charge is -2.10. The molecule has 3 nitrogen and oxygen atoms in total. The summed E-state index contributed by atoms with van der Waals surface area (Å²) in [5.41, 5.74) is 6.54. The fraction of sp³-hybridized carbons (Fsp3) is 0.429. The third kappa shape index (κ3) is 2.72. The fourth-order valence-corrected chi connectivity index (χ4v) is 3.75. The van der Waals surface area contributed by atoms with Crippen molar-refractivity contribution < 1.29 is 0 Å². The van der Waals surface area contributed by atoms with Crippen LogP contribution in [-0.4, -0.2) is 14.8 Å². The highest BCUT2D eigenvalue weighted by molar-refractivity contribution is 5.86. The Morgan fingerprint density at radius 2 is 1.88 bits per heavy atom. The minimum Gasteiger partial charge on any atom is -0.343 e. The number of fused-ring (bicyclic) bond motifs is 1. The van der Waals surface area contributed by atoms with Crippen LogP contribution in [0.25, 0.3) is 10.9 Å². The molecule has 1 fully saturated rings. The molecule has 0 N–H and O–H groups in total. The predicted molar refractivity (Wildman–Crippen MR) is 98.1 cm³/mol. The van der Waals surface area contributed by atoms with Crippen molar-refractivity contribution in [1.82, 2.24) is 14.8 Å². The van der Waals surface area contributed by atoms with E-state index in [2.05, 4.69) is 65.9 Å². The van der Waals surface area contributed by atoms with Crippen molar-refractivity contribution in [3.63, 3.8) is 0 Å². The zero-order chi connectivity index (χ0) is 16.7. The molecule has 0 radical (unpaired) electrons. The monoisotopic (exact) mass is 319 g/mol. The number of aromatic nitrogens is 3. The van der Waals surface area contributed by atoms with Crippen LogP contribution in [0.5, 0.6) is 0 Å². The van der Waals surface area contributed by atoms with Crippen LogP contribution in [0.4, 0.5) is 0 Å². The van der Waals surface area contributed by atoms with Crippen LogP contribution >= 0.6 is 0 Å². The van der Waals surface area contributed by atoms with Gasteiger partial charge < -0.3 is 4.57 Å². The molecule has 3 aromatic rings. The minimum absolute atomic E-state index is 0.828. The van der Waals surface area contributed by atoms with Crippen molar-refractivity contribution in [2.24, 2.45) is 11.8 Å². The van der Waals surface area contributed by atoms with Crippen molar-refractivity contribution in [1.29, 1.82) is 0 Å². The molecule has 2 aromatic heterocycles. The number of hydrogen-bond donors (Lipinski definition) is 0. The van der Waals surface area contributed by atoms with E-state index in [4.69, 9.17) is 0 Å². The van der Waals surface area contributed by atoms with E-state index in [0.29, 0.717) is 0 Å². The first kappa shape index (κ1) is 15.4. The molecular formula is C21H25N3. The summed E-state index contributed by atoms with van der Waals surface area (Å²) in [4.78, 5) is 0. The summed E-state index contributed by atoms with van der Waals surface area (Å²) in [7, 11) is 0. The predicted octanol–water partition coefficient (Wildman–Crippen LogP) is 4.49. The van der Waals surface area contributed by atoms with Gasteiger partial charge in [0.25, 0.3) is 0 Å². The minimum atomic E-state index is 0.828. The SMILES string of the molecule is Cc1c(C)n(CC2CC2C)c2c(CCc3ccccc3)nncc12. The Bertz CT molecular complexity index is 864. The molecule has 24 heavy (non-hydrogen) atoms. The number of nitrogens with zero attached hydrogens (tertiary/aromatic N) is 3. The second kappa shape index (κ2) is 6.04. The van der Waals surface area contributed by atoms with Gasteiger partial charge in [0, 0.05) is 17.6 Å². The molecular weight excluding hydrogens is 294 g/mol. The summed E-state index contributed by atoms with van der Waals surface area (Å²) < 4.78 is 2.51. The van der Waals surface area contributed by atoms with Crippen molar-refractivity contribution in [2.45, 2.75) is 46.6 Å². The highest BCUT2D eigenvalue weighted by atomic mass is 15.1. The van der Waals surface area contributed by atoms with Crippen molar-refractivity contribution in [3.05, 3.63) is 59.0 Å². The molecule has 1 saturated carbocycles. The average molecular weight is 319 g/mol. The Balaban J connectivity index is 1.70. The molecule has 124 valence electrons. The second-order valence-corrected chi connectivity index (χ2v) is 7.33. The van der Waals surface area contributed by atoms with Gasteiger partial charge in [-0.2, -0.15) is 10.2 Å². The first-order valence-corrected chi connectivity index (χ1v) is 8.99. The van der Waals surface area contributed by atoms with Crippen LogP contribution in [0.2, 0.25) is 0 Å². The standard InChI is InChI=1S/C21H25N3/c1-14-11-18(14)13-24-16(3)15(2)19-12-22-23-20(21(19)24)10-9-17-7-5-4-6-8-17/h4-8,12,14,18H,9-11,13H2,1-3H3. The quantitative estimate of drug-likeness (QED) is 0.694. The zero-order valence-electron chi connectivity index (χ0n) is 14.8. The smallest absolute Gasteiger partial charge is 0.0876 e. The number of aryl methyl sites for hydroxylation is 3. The molecule has 0 spiro atoms. The first-order valence-electron chi connectivity index (χ1n) is 8.99. The van der Waals surface area contributed by atoms with Gasteiger partial charge in [0.15, 0.2) is 0 Å². The topological polar surface area (TPSA) is 30.7 Å². The Labute approximate surface area is 143 Å². The Hall–Kier alpha value is -2.16. The molecule has 0 aliphatic heterocycles. The van der Waals surface area contributed by atoms with E-state index in [9.17, 15) is 0 Å². The van der Waals surface area contributed by atoms with Gasteiger partial charge in [-0.3, -0.25) is 0 Å². The van der Waals surface area contributed by atoms with Crippen LogP contribution in [0.1, 0.15) is 35.9 Å². The summed E-state index contributed by atoms with van der Waals surface area (Å²) in [6, 6.07) is 10.7. The van der Waals surface area contributed by atoms with E-state index in [1.165, 1.54) is 34.1 Å². The van der Waals surface area contributed by atoms with Gasteiger partial charge in [0.1, 0.15) is 0 Å². The fourth-order valence-electron chi connectivity index (χ4n) is 3.75. The summed E-state index contributed by atoms with van der Waals surface area (Å²) in [5, 5.41) is 10.1. The van der Waals surface area contributed by atoms with E-state index in [-0.39, 0.29) is 0 Å². The van der Waals surface area contributed by atoms with E-state index >= 15 is 0 Å². The van der Waals surface area contributed by atoms with Gasteiger partial charge in [-0.1, -0.05) is 37.3 Å². The molecule has 1 aliphatic carbocycles. The lowest BCUT2D eigenvalue weighted by atomic mass is 10.1. The summed E-state index contributed by atoms with van der Waals surface area (Å²) >= 11 is 0. The zero-order valence-corrected chi connectivity index (χ0v) is 14.8. The molecule has 3 heteroatoms. The van der Waals surface area contributed by atoms with Gasteiger partial charge in [0.2, 0.25) is 0 Å². The van der Waals surface area contributed by atoms with Crippen LogP contribution in [-0.2, 0) is 19.4 Å². The Morgan fingerprint density at radius 3 is 2.58 bits per heavy atom. The lowest BCUT2D eigenvalue weighted by molar-refractivity contribution is 0.595. The molecule has 0 bridgehead atoms. The van der Waals surface area contributed by atoms with Gasteiger partial charge in [0.05, 0.1) is 17.4 Å². The maximum absolute atomic E-state index is 4.51. The van der Waals surface area contributed by atoms with Gasteiger partial charge in [-0.05, 0) is 56.1 Å². The summed E-state index contributed by atoms with van der Waals surface area (Å²) in [5.74, 6) is 1.69. The molecule has 4 rings (SSSR count). The Kier molecular flexibility index (Phi) is 3.87. The summed E-state index contributed by atoms with van der Waals surface area (Å²) in [6.07, 6.45) is 5.25. The first-order chi connectivity index (χ1) is 11.6. The normalized spacial score (nSPS) is 19.8. The van der Waals surface area contributed by atoms with Gasteiger partial charge in [-0.15, -0.1) is 0 Å². The molecule has 0 amide bonds. The Morgan fingerprint density at radius 1 is 1.12 bits per heavy atom. The molecule has 1 aliphatic rings. The highest BCUT2D eigenvalue weighted by Crippen LogP contribution is 2.40. The third-order valence-corrected chi connectivity index (χ3v) is 5.70. The third-order valence-electron chi connectivity index (χ3n) is 5.70. The van der Waals surface area contributed by atoms with Crippen LogP contribution < -0.4 is 0 Å². The van der Waals surface area contributed by atoms with E-state index in [1.54, 1.807) is 0 Å². The van der Waals surface area contributed by atoms with Gasteiger partial charge in [-0.25, -0.2) is 0 Å². The molecule has 2 unspecified atom stereocenters. The molecule has 1 aromatic carbocycles. The molecule has 0 saturated heterocycles. The van der Waals surface area contributed by atoms with E-state index < -0.39 is 0 Å². The number of rotatable bonds is 5. The van der Waals surface area contributed by atoms with Crippen molar-refractivity contribution >= 4 is 10.9 Å². The van der Waals surface area contributed by atoms with Gasteiger partial charge >= 0.3 is 0 Å². The largest absolute Gasteiger partial charge is 0.343 e. The maximum atomic E-state index is 4.51. The molecule has 2 heterocycles. The average Bonchev–Trinajstić information content (AvgIpc) is 3.26. The summed E-state index contributed by atoms with van der Waals surface area (Å²) in [6.45, 7) is 7.94. The number of hydrogen-bond acceptors (Lipinski definition) is 2. The highest BCUT2D eigenvalue weighted by Gasteiger charge is 2.33. The van der Waals surface area contributed by atoms with Crippen LogP contribution in [0, 0.1) is 25.7 Å². The molecule has 2 atom stereocenters.